The number of thiophene rings is 1. The van der Waals surface area contributed by atoms with Crippen LogP contribution in [0.15, 0.2) is 48.5 Å². The van der Waals surface area contributed by atoms with E-state index in [1.54, 1.807) is 30.5 Å². The maximum atomic E-state index is 13.7. The van der Waals surface area contributed by atoms with E-state index >= 15 is 0 Å². The largest absolute Gasteiger partial charge is 0.493 e. The lowest BCUT2D eigenvalue weighted by molar-refractivity contribution is -0.132. The van der Waals surface area contributed by atoms with Gasteiger partial charge in [0.25, 0.3) is 0 Å². The van der Waals surface area contributed by atoms with Crippen molar-refractivity contribution >= 4 is 29.0 Å². The molecule has 0 aliphatic heterocycles. The Kier molecular flexibility index (Phi) is 8.94. The minimum absolute atomic E-state index is 0.0532. The van der Waals surface area contributed by atoms with Gasteiger partial charge in [-0.15, -0.1) is 11.3 Å². The zero-order valence-corrected chi connectivity index (χ0v) is 23.7. The van der Waals surface area contributed by atoms with Gasteiger partial charge in [-0.05, 0) is 87.1 Å². The Balaban J connectivity index is 1.49. The van der Waals surface area contributed by atoms with Gasteiger partial charge in [0.15, 0.2) is 11.5 Å². The van der Waals surface area contributed by atoms with Crippen LogP contribution in [-0.2, 0) is 17.8 Å². The maximum Gasteiger partial charge on any atom is 0.322 e. The molecular formula is C30H37N3O4S. The highest BCUT2D eigenvalue weighted by molar-refractivity contribution is 7.11. The van der Waals surface area contributed by atoms with Crippen LogP contribution in [0.2, 0.25) is 0 Å². The van der Waals surface area contributed by atoms with E-state index in [1.807, 2.05) is 55.1 Å². The third-order valence-corrected chi connectivity index (χ3v) is 8.00. The third-order valence-electron chi connectivity index (χ3n) is 7.01. The van der Waals surface area contributed by atoms with Crippen LogP contribution in [0, 0.1) is 20.8 Å². The molecule has 8 heteroatoms. The van der Waals surface area contributed by atoms with Crippen LogP contribution in [0.3, 0.4) is 0 Å². The molecule has 3 amide bonds. The number of carbonyl (C=O) groups is 2. The van der Waals surface area contributed by atoms with E-state index in [-0.39, 0.29) is 24.5 Å². The van der Waals surface area contributed by atoms with Crippen LogP contribution in [0.25, 0.3) is 0 Å². The van der Waals surface area contributed by atoms with Gasteiger partial charge in [0.1, 0.15) is 6.54 Å². The molecule has 0 spiro atoms. The number of carbonyl (C=O) groups excluding carboxylic acids is 2. The number of amides is 3. The molecule has 3 aromatic rings. The van der Waals surface area contributed by atoms with E-state index in [4.69, 9.17) is 9.47 Å². The summed E-state index contributed by atoms with van der Waals surface area (Å²) < 4.78 is 10.8. The molecule has 0 atom stereocenters. The highest BCUT2D eigenvalue weighted by Gasteiger charge is 2.35. The summed E-state index contributed by atoms with van der Waals surface area (Å²) in [6, 6.07) is 15.7. The molecule has 1 fully saturated rings. The zero-order valence-electron chi connectivity index (χ0n) is 22.9. The molecule has 4 rings (SSSR count). The monoisotopic (exact) mass is 535 g/mol. The molecule has 7 nitrogen and oxygen atoms in total. The average Bonchev–Trinajstić information content (AvgIpc) is 3.67. The summed E-state index contributed by atoms with van der Waals surface area (Å²) in [6.07, 6.45) is 2.50. The number of benzene rings is 2. The van der Waals surface area contributed by atoms with Gasteiger partial charge in [-0.1, -0.05) is 18.2 Å². The Morgan fingerprint density at radius 2 is 1.76 bits per heavy atom. The van der Waals surface area contributed by atoms with E-state index in [0.717, 1.165) is 40.1 Å². The summed E-state index contributed by atoms with van der Waals surface area (Å²) in [5.41, 5.74) is 3.99. The van der Waals surface area contributed by atoms with Crippen molar-refractivity contribution in [2.75, 3.05) is 32.6 Å². The lowest BCUT2D eigenvalue weighted by Crippen LogP contribution is -2.45. The Hall–Kier alpha value is -3.52. The zero-order chi connectivity index (χ0) is 27.2. The lowest BCUT2D eigenvalue weighted by Gasteiger charge is -2.28. The van der Waals surface area contributed by atoms with Gasteiger partial charge in [0.05, 0.1) is 20.8 Å². The average molecular weight is 536 g/mol. The van der Waals surface area contributed by atoms with Crippen molar-refractivity contribution in [1.82, 2.24) is 9.80 Å². The molecule has 1 saturated carbocycles. The summed E-state index contributed by atoms with van der Waals surface area (Å²) in [4.78, 5) is 32.9. The number of aryl methyl sites for hydroxylation is 2. The lowest BCUT2D eigenvalue weighted by atomic mass is 10.1. The highest BCUT2D eigenvalue weighted by Crippen LogP contribution is 2.30. The SMILES string of the molecule is COc1ccc(CCN(Cc2ccc(C)s2)C(=O)CN(C(=O)Nc2cccc(C)c2C)C2CC2)cc1OC. The standard InChI is InChI=1S/C30H37N3O4S/c1-20-7-6-8-26(22(20)3)31-30(35)33(24-11-12-24)19-29(34)32(18-25-13-9-21(2)38-25)16-15-23-10-14-27(36-4)28(17-23)37-5/h6-10,13-14,17,24H,11-12,15-16,18-19H2,1-5H3,(H,31,35). The molecule has 0 unspecified atom stereocenters. The van der Waals surface area contributed by atoms with Crippen LogP contribution in [0.4, 0.5) is 10.5 Å². The van der Waals surface area contributed by atoms with Crippen LogP contribution >= 0.6 is 11.3 Å². The molecule has 38 heavy (non-hydrogen) atoms. The fourth-order valence-corrected chi connectivity index (χ4v) is 5.33. The third kappa shape index (κ3) is 6.86. The number of methoxy groups -OCH3 is 2. The first-order valence-electron chi connectivity index (χ1n) is 13.0. The second-order valence-electron chi connectivity index (χ2n) is 9.80. The quantitative estimate of drug-likeness (QED) is 0.329. The van der Waals surface area contributed by atoms with E-state index in [1.165, 1.54) is 4.88 Å². The molecule has 202 valence electrons. The number of nitrogens with zero attached hydrogens (tertiary/aromatic N) is 2. The number of rotatable bonds is 11. The van der Waals surface area contributed by atoms with Crippen LogP contribution < -0.4 is 14.8 Å². The molecule has 0 saturated heterocycles. The van der Waals surface area contributed by atoms with Crippen molar-refractivity contribution < 1.29 is 19.1 Å². The van der Waals surface area contributed by atoms with Gasteiger partial charge in [0, 0.05) is 28.0 Å². The number of anilines is 1. The summed E-state index contributed by atoms with van der Waals surface area (Å²) in [5.74, 6) is 1.28. The predicted octanol–water partition coefficient (Wildman–Crippen LogP) is 5.96. The molecule has 1 aliphatic carbocycles. The van der Waals surface area contributed by atoms with Crippen molar-refractivity contribution in [3.8, 4) is 11.5 Å². The van der Waals surface area contributed by atoms with Crippen LogP contribution in [-0.4, -0.2) is 55.1 Å². The van der Waals surface area contributed by atoms with Gasteiger partial charge in [-0.2, -0.15) is 0 Å². The van der Waals surface area contributed by atoms with Crippen molar-refractivity contribution in [1.29, 1.82) is 0 Å². The molecule has 0 radical (unpaired) electrons. The van der Waals surface area contributed by atoms with E-state index in [9.17, 15) is 9.59 Å². The number of nitrogens with one attached hydrogen (secondary N) is 1. The summed E-state index contributed by atoms with van der Waals surface area (Å²) in [6.45, 7) is 7.18. The van der Waals surface area contributed by atoms with Gasteiger partial charge < -0.3 is 24.6 Å². The second kappa shape index (κ2) is 12.3. The molecular weight excluding hydrogens is 498 g/mol. The Morgan fingerprint density at radius 1 is 1.00 bits per heavy atom. The first-order chi connectivity index (χ1) is 18.3. The minimum atomic E-state index is -0.221. The number of hydrogen-bond acceptors (Lipinski definition) is 5. The van der Waals surface area contributed by atoms with Gasteiger partial charge in [0.2, 0.25) is 5.91 Å². The molecule has 2 aromatic carbocycles. The van der Waals surface area contributed by atoms with Crippen LogP contribution in [0.1, 0.15) is 39.3 Å². The fraction of sp³-hybridized carbons (Fsp3) is 0.400. The molecule has 1 heterocycles. The number of hydrogen-bond donors (Lipinski definition) is 1. The summed E-state index contributed by atoms with van der Waals surface area (Å²) in [7, 11) is 3.23. The van der Waals surface area contributed by atoms with Gasteiger partial charge in [-0.25, -0.2) is 4.79 Å². The van der Waals surface area contributed by atoms with Crippen molar-refractivity contribution in [3.63, 3.8) is 0 Å². The Morgan fingerprint density at radius 3 is 2.42 bits per heavy atom. The first-order valence-corrected chi connectivity index (χ1v) is 13.8. The van der Waals surface area contributed by atoms with Gasteiger partial charge >= 0.3 is 6.03 Å². The smallest absolute Gasteiger partial charge is 0.322 e. The fourth-order valence-electron chi connectivity index (χ4n) is 4.42. The van der Waals surface area contributed by atoms with Crippen molar-refractivity contribution in [3.05, 3.63) is 75.0 Å². The Labute approximate surface area is 229 Å². The molecule has 1 N–H and O–H groups in total. The van der Waals surface area contributed by atoms with E-state index < -0.39 is 0 Å². The summed E-state index contributed by atoms with van der Waals surface area (Å²) in [5, 5.41) is 3.04. The van der Waals surface area contributed by atoms with Crippen molar-refractivity contribution in [2.24, 2.45) is 0 Å². The minimum Gasteiger partial charge on any atom is -0.493 e. The number of ether oxygens (including phenoxy) is 2. The highest BCUT2D eigenvalue weighted by atomic mass is 32.1. The maximum absolute atomic E-state index is 13.7. The molecule has 1 aromatic heterocycles. The van der Waals surface area contributed by atoms with E-state index in [0.29, 0.717) is 31.0 Å². The molecule has 0 bridgehead atoms. The topological polar surface area (TPSA) is 71.1 Å². The normalized spacial score (nSPS) is 12.7. The Bertz CT molecular complexity index is 1280. The molecule has 1 aliphatic rings. The first kappa shape index (κ1) is 27.5. The summed E-state index contributed by atoms with van der Waals surface area (Å²) >= 11 is 1.69. The predicted molar refractivity (Wildman–Crippen MR) is 152 cm³/mol. The van der Waals surface area contributed by atoms with Crippen molar-refractivity contribution in [2.45, 2.75) is 52.6 Å². The second-order valence-corrected chi connectivity index (χ2v) is 11.2. The van der Waals surface area contributed by atoms with Crippen LogP contribution in [0.5, 0.6) is 11.5 Å². The number of urea groups is 1. The van der Waals surface area contributed by atoms with Gasteiger partial charge in [-0.3, -0.25) is 4.79 Å². The van der Waals surface area contributed by atoms with E-state index in [2.05, 4.69) is 24.4 Å².